The van der Waals surface area contributed by atoms with Crippen LogP contribution in [0.25, 0.3) is 6.08 Å². The first kappa shape index (κ1) is 16.1. The summed E-state index contributed by atoms with van der Waals surface area (Å²) in [6.07, 6.45) is 4.43. The molecular formula is C17H21ClN2O3. The third kappa shape index (κ3) is 3.79. The van der Waals surface area contributed by atoms with Crippen LogP contribution in [0, 0.1) is 5.92 Å². The minimum atomic E-state index is 0.0367. The van der Waals surface area contributed by atoms with Crippen molar-refractivity contribution in [2.24, 2.45) is 5.92 Å². The molecule has 1 N–H and O–H groups in total. The van der Waals surface area contributed by atoms with Crippen LogP contribution >= 0.6 is 11.6 Å². The number of fused-ring (bicyclic) bond motifs is 1. The van der Waals surface area contributed by atoms with E-state index < -0.39 is 0 Å². The maximum Gasteiger partial charge on any atom is 0.246 e. The second kappa shape index (κ2) is 7.23. The van der Waals surface area contributed by atoms with Crippen molar-refractivity contribution in [1.29, 1.82) is 0 Å². The molecule has 1 aromatic rings. The number of nitrogens with zero attached hydrogens (tertiary/aromatic N) is 1. The molecular weight excluding hydrogens is 316 g/mol. The molecule has 0 spiro atoms. The summed E-state index contributed by atoms with van der Waals surface area (Å²) < 4.78 is 11.0. The van der Waals surface area contributed by atoms with Gasteiger partial charge in [0.15, 0.2) is 11.5 Å². The molecule has 0 aromatic heterocycles. The van der Waals surface area contributed by atoms with Crippen molar-refractivity contribution in [3.8, 4) is 11.5 Å². The van der Waals surface area contributed by atoms with Gasteiger partial charge in [0.05, 0.1) is 5.02 Å². The zero-order chi connectivity index (χ0) is 16.2. The van der Waals surface area contributed by atoms with Crippen molar-refractivity contribution in [2.75, 3.05) is 39.9 Å². The lowest BCUT2D eigenvalue weighted by molar-refractivity contribution is -0.125. The summed E-state index contributed by atoms with van der Waals surface area (Å²) in [5, 5.41) is 3.67. The molecule has 1 aromatic carbocycles. The highest BCUT2D eigenvalue weighted by molar-refractivity contribution is 6.32. The molecule has 1 unspecified atom stereocenters. The number of hydrogen-bond donors (Lipinski definition) is 1. The van der Waals surface area contributed by atoms with Crippen molar-refractivity contribution < 1.29 is 14.3 Å². The van der Waals surface area contributed by atoms with Crippen LogP contribution in [-0.4, -0.2) is 50.7 Å². The average Bonchev–Trinajstić information content (AvgIpc) is 3.02. The SMILES string of the molecule is CNCC1CCN(C(=O)/C=C/c2cc(Cl)c3c(c2)OCCO3)C1. The van der Waals surface area contributed by atoms with Gasteiger partial charge in [-0.1, -0.05) is 11.6 Å². The van der Waals surface area contributed by atoms with E-state index in [1.54, 1.807) is 18.2 Å². The summed E-state index contributed by atoms with van der Waals surface area (Å²) in [5.41, 5.74) is 0.832. The molecule has 2 aliphatic heterocycles. The molecule has 1 amide bonds. The van der Waals surface area contributed by atoms with E-state index in [2.05, 4.69) is 5.32 Å². The largest absolute Gasteiger partial charge is 0.486 e. The quantitative estimate of drug-likeness (QED) is 0.856. The Morgan fingerprint density at radius 2 is 2.26 bits per heavy atom. The summed E-state index contributed by atoms with van der Waals surface area (Å²) >= 11 is 6.20. The topological polar surface area (TPSA) is 50.8 Å². The summed E-state index contributed by atoms with van der Waals surface area (Å²) in [6.45, 7) is 3.59. The predicted molar refractivity (Wildman–Crippen MR) is 90.1 cm³/mol. The zero-order valence-corrected chi connectivity index (χ0v) is 13.9. The maximum atomic E-state index is 12.3. The minimum Gasteiger partial charge on any atom is -0.486 e. The number of halogens is 1. The molecule has 1 fully saturated rings. The number of ether oxygens (including phenoxy) is 2. The normalized spacial score (nSPS) is 20.3. The lowest BCUT2D eigenvalue weighted by atomic mass is 10.1. The number of benzene rings is 1. The third-order valence-electron chi connectivity index (χ3n) is 4.13. The van der Waals surface area contributed by atoms with Crippen LogP contribution < -0.4 is 14.8 Å². The monoisotopic (exact) mass is 336 g/mol. The maximum absolute atomic E-state index is 12.3. The zero-order valence-electron chi connectivity index (χ0n) is 13.2. The van der Waals surface area contributed by atoms with Gasteiger partial charge in [-0.25, -0.2) is 0 Å². The number of likely N-dealkylation sites (tertiary alicyclic amines) is 1. The summed E-state index contributed by atoms with van der Waals surface area (Å²) in [4.78, 5) is 14.2. The fourth-order valence-corrected chi connectivity index (χ4v) is 3.26. The predicted octanol–water partition coefficient (Wildman–Crippen LogP) is 2.19. The van der Waals surface area contributed by atoms with Gasteiger partial charge in [-0.2, -0.15) is 0 Å². The molecule has 0 saturated carbocycles. The Bertz CT molecular complexity index is 618. The molecule has 3 rings (SSSR count). The molecule has 0 aliphatic carbocycles. The van der Waals surface area contributed by atoms with Crippen LogP contribution in [0.4, 0.5) is 0 Å². The van der Waals surface area contributed by atoms with Gasteiger partial charge in [-0.15, -0.1) is 0 Å². The number of hydrogen-bond acceptors (Lipinski definition) is 4. The van der Waals surface area contributed by atoms with Crippen LogP contribution in [-0.2, 0) is 4.79 Å². The van der Waals surface area contributed by atoms with Gasteiger partial charge in [-0.05, 0) is 49.7 Å². The highest BCUT2D eigenvalue weighted by Gasteiger charge is 2.24. The number of rotatable bonds is 4. The lowest BCUT2D eigenvalue weighted by Gasteiger charge is -2.19. The molecule has 0 radical (unpaired) electrons. The first-order valence-electron chi connectivity index (χ1n) is 7.88. The number of carbonyl (C=O) groups excluding carboxylic acids is 1. The van der Waals surface area contributed by atoms with Gasteiger partial charge in [0.25, 0.3) is 0 Å². The number of nitrogens with one attached hydrogen (secondary N) is 1. The lowest BCUT2D eigenvalue weighted by Crippen LogP contribution is -2.28. The van der Waals surface area contributed by atoms with Gasteiger partial charge in [-0.3, -0.25) is 4.79 Å². The molecule has 2 aliphatic rings. The fraction of sp³-hybridized carbons (Fsp3) is 0.471. The molecule has 6 heteroatoms. The average molecular weight is 337 g/mol. The van der Waals surface area contributed by atoms with Crippen LogP contribution in [0.2, 0.25) is 5.02 Å². The third-order valence-corrected chi connectivity index (χ3v) is 4.41. The standard InChI is InChI=1S/C17H21ClN2O3/c1-19-10-13-4-5-20(11-13)16(21)3-2-12-8-14(18)17-15(9-12)22-6-7-23-17/h2-3,8-9,13,19H,4-7,10-11H2,1H3/b3-2+. The van der Waals surface area contributed by atoms with Gasteiger partial charge < -0.3 is 19.7 Å². The van der Waals surface area contributed by atoms with Crippen molar-refractivity contribution in [1.82, 2.24) is 10.2 Å². The van der Waals surface area contributed by atoms with Gasteiger partial charge in [0, 0.05) is 19.2 Å². The van der Waals surface area contributed by atoms with Crippen molar-refractivity contribution in [2.45, 2.75) is 6.42 Å². The van der Waals surface area contributed by atoms with E-state index in [1.807, 2.05) is 18.0 Å². The van der Waals surface area contributed by atoms with E-state index in [9.17, 15) is 4.79 Å². The summed E-state index contributed by atoms with van der Waals surface area (Å²) in [7, 11) is 1.94. The molecule has 124 valence electrons. The number of amides is 1. The Balaban J connectivity index is 1.66. The molecule has 1 saturated heterocycles. The highest BCUT2D eigenvalue weighted by atomic mass is 35.5. The Morgan fingerprint density at radius 3 is 3.09 bits per heavy atom. The van der Waals surface area contributed by atoms with E-state index in [-0.39, 0.29) is 5.91 Å². The van der Waals surface area contributed by atoms with Crippen LogP contribution in [0.1, 0.15) is 12.0 Å². The van der Waals surface area contributed by atoms with Gasteiger partial charge in [0.1, 0.15) is 13.2 Å². The van der Waals surface area contributed by atoms with Gasteiger partial charge in [0.2, 0.25) is 5.91 Å². The molecule has 5 nitrogen and oxygen atoms in total. The van der Waals surface area contributed by atoms with E-state index in [1.165, 1.54) is 0 Å². The van der Waals surface area contributed by atoms with Crippen LogP contribution in [0.3, 0.4) is 0 Å². The highest BCUT2D eigenvalue weighted by Crippen LogP contribution is 2.38. The summed E-state index contributed by atoms with van der Waals surface area (Å²) in [6, 6.07) is 3.63. The fourth-order valence-electron chi connectivity index (χ4n) is 2.99. The second-order valence-electron chi connectivity index (χ2n) is 5.86. The van der Waals surface area contributed by atoms with Crippen molar-refractivity contribution >= 4 is 23.6 Å². The van der Waals surface area contributed by atoms with E-state index >= 15 is 0 Å². The Morgan fingerprint density at radius 1 is 1.43 bits per heavy atom. The summed E-state index contributed by atoms with van der Waals surface area (Å²) in [5.74, 6) is 1.79. The van der Waals surface area contributed by atoms with Crippen molar-refractivity contribution in [3.05, 3.63) is 28.8 Å². The van der Waals surface area contributed by atoms with Crippen LogP contribution in [0.15, 0.2) is 18.2 Å². The Kier molecular flexibility index (Phi) is 5.08. The van der Waals surface area contributed by atoms with Gasteiger partial charge >= 0.3 is 0 Å². The number of carbonyl (C=O) groups is 1. The van der Waals surface area contributed by atoms with E-state index in [0.29, 0.717) is 35.7 Å². The van der Waals surface area contributed by atoms with Crippen LogP contribution in [0.5, 0.6) is 11.5 Å². The second-order valence-corrected chi connectivity index (χ2v) is 6.26. The first-order chi connectivity index (χ1) is 11.2. The molecule has 1 atom stereocenters. The smallest absolute Gasteiger partial charge is 0.246 e. The molecule has 0 bridgehead atoms. The van der Waals surface area contributed by atoms with E-state index in [0.717, 1.165) is 31.6 Å². The first-order valence-corrected chi connectivity index (χ1v) is 8.26. The minimum absolute atomic E-state index is 0.0367. The van der Waals surface area contributed by atoms with Crippen molar-refractivity contribution in [3.63, 3.8) is 0 Å². The van der Waals surface area contributed by atoms with E-state index in [4.69, 9.17) is 21.1 Å². The molecule has 2 heterocycles. The Labute approximate surface area is 141 Å². The Hall–Kier alpha value is -1.72. The molecule has 23 heavy (non-hydrogen) atoms.